The van der Waals surface area contributed by atoms with Gasteiger partial charge in [0, 0.05) is 18.7 Å². The molecule has 1 aliphatic rings. The summed E-state index contributed by atoms with van der Waals surface area (Å²) in [6.07, 6.45) is 4.00. The highest BCUT2D eigenvalue weighted by molar-refractivity contribution is 6.46. The van der Waals surface area contributed by atoms with E-state index in [4.69, 9.17) is 14.2 Å². The standard InChI is InChI=1S/C33H46N2O6/c1-6-11-12-22-41-27-18-15-25(23-28(27)39-10-5)30-29(31(36)24-13-16-26(17-14-24)40-21-7-2)32(37)33(38)35(30)20-19-34(8-3)9-4/h13-18,23,30,36H,6-12,19-22H2,1-5H3. The molecule has 0 aromatic heterocycles. The molecule has 1 N–H and O–H groups in total. The first-order chi connectivity index (χ1) is 19.9. The molecule has 0 aliphatic carbocycles. The molecule has 224 valence electrons. The predicted octanol–water partition coefficient (Wildman–Crippen LogP) is 6.21. The zero-order chi connectivity index (χ0) is 29.8. The van der Waals surface area contributed by atoms with Gasteiger partial charge >= 0.3 is 0 Å². The number of hydrogen-bond donors (Lipinski definition) is 1. The normalized spacial score (nSPS) is 16.4. The van der Waals surface area contributed by atoms with E-state index in [2.05, 4.69) is 25.7 Å². The van der Waals surface area contributed by atoms with Crippen LogP contribution in [0.5, 0.6) is 17.2 Å². The number of amides is 1. The number of likely N-dealkylation sites (N-methyl/N-ethyl adjacent to an activating group) is 1. The van der Waals surface area contributed by atoms with Crippen LogP contribution in [-0.2, 0) is 9.59 Å². The molecular formula is C33H46N2O6. The van der Waals surface area contributed by atoms with Gasteiger partial charge in [-0.15, -0.1) is 0 Å². The molecule has 8 heteroatoms. The van der Waals surface area contributed by atoms with E-state index in [1.165, 1.54) is 0 Å². The summed E-state index contributed by atoms with van der Waals surface area (Å²) >= 11 is 0. The van der Waals surface area contributed by atoms with Crippen molar-refractivity contribution in [3.8, 4) is 17.2 Å². The van der Waals surface area contributed by atoms with Gasteiger partial charge in [0.15, 0.2) is 11.5 Å². The van der Waals surface area contributed by atoms with Crippen LogP contribution in [0.4, 0.5) is 0 Å². The molecule has 0 saturated carbocycles. The number of likely N-dealkylation sites (tertiary alicyclic amines) is 1. The summed E-state index contributed by atoms with van der Waals surface area (Å²) in [5.74, 6) is 0.317. The van der Waals surface area contributed by atoms with Crippen LogP contribution < -0.4 is 14.2 Å². The van der Waals surface area contributed by atoms with Crippen LogP contribution in [-0.4, -0.2) is 72.6 Å². The first-order valence-electron chi connectivity index (χ1n) is 15.0. The number of nitrogens with zero attached hydrogens (tertiary/aromatic N) is 2. The molecule has 41 heavy (non-hydrogen) atoms. The lowest BCUT2D eigenvalue weighted by Crippen LogP contribution is -2.38. The van der Waals surface area contributed by atoms with E-state index < -0.39 is 17.7 Å². The molecule has 0 radical (unpaired) electrons. The van der Waals surface area contributed by atoms with Gasteiger partial charge < -0.3 is 29.1 Å². The highest BCUT2D eigenvalue weighted by Gasteiger charge is 2.46. The fourth-order valence-electron chi connectivity index (χ4n) is 4.95. The first-order valence-corrected chi connectivity index (χ1v) is 15.0. The molecule has 2 aromatic rings. The second-order valence-electron chi connectivity index (χ2n) is 10.1. The van der Waals surface area contributed by atoms with Gasteiger partial charge in [0.05, 0.1) is 31.4 Å². The molecule has 2 aromatic carbocycles. The zero-order valence-electron chi connectivity index (χ0n) is 25.3. The van der Waals surface area contributed by atoms with E-state index in [-0.39, 0.29) is 11.3 Å². The molecule has 1 heterocycles. The largest absolute Gasteiger partial charge is 0.507 e. The Kier molecular flexibility index (Phi) is 12.5. The van der Waals surface area contributed by atoms with E-state index >= 15 is 0 Å². The summed E-state index contributed by atoms with van der Waals surface area (Å²) in [6, 6.07) is 11.7. The second kappa shape index (κ2) is 16.1. The Labute approximate surface area is 244 Å². The van der Waals surface area contributed by atoms with Crippen molar-refractivity contribution in [2.45, 2.75) is 66.3 Å². The van der Waals surface area contributed by atoms with Crippen molar-refractivity contribution in [3.05, 3.63) is 59.2 Å². The minimum atomic E-state index is -0.769. The van der Waals surface area contributed by atoms with Crippen LogP contribution in [0.2, 0.25) is 0 Å². The van der Waals surface area contributed by atoms with Crippen LogP contribution in [0, 0.1) is 0 Å². The quantitative estimate of drug-likeness (QED) is 0.105. The number of aliphatic hydroxyl groups excluding tert-OH is 1. The average molecular weight is 567 g/mol. The number of Topliss-reactive ketones (excluding diaryl/α,β-unsaturated/α-hetero) is 1. The molecular weight excluding hydrogens is 520 g/mol. The topological polar surface area (TPSA) is 88.5 Å². The minimum absolute atomic E-state index is 0.0656. The number of ether oxygens (including phenoxy) is 3. The number of hydrogen-bond acceptors (Lipinski definition) is 7. The Balaban J connectivity index is 2.06. The summed E-state index contributed by atoms with van der Waals surface area (Å²) in [5, 5.41) is 11.5. The molecule has 1 amide bonds. The number of benzene rings is 2. The molecule has 1 aliphatic heterocycles. The maximum atomic E-state index is 13.5. The smallest absolute Gasteiger partial charge is 0.295 e. The van der Waals surface area contributed by atoms with Gasteiger partial charge in [0.2, 0.25) is 0 Å². The molecule has 1 atom stereocenters. The van der Waals surface area contributed by atoms with Gasteiger partial charge in [-0.1, -0.05) is 46.6 Å². The fraction of sp³-hybridized carbons (Fsp3) is 0.515. The summed E-state index contributed by atoms with van der Waals surface area (Å²) in [5.41, 5.74) is 1.19. The van der Waals surface area contributed by atoms with E-state index in [0.29, 0.717) is 61.3 Å². The number of unbranched alkanes of at least 4 members (excludes halogenated alkanes) is 2. The van der Waals surface area contributed by atoms with Crippen molar-refractivity contribution in [2.75, 3.05) is 46.0 Å². The highest BCUT2D eigenvalue weighted by Crippen LogP contribution is 2.42. The molecule has 0 spiro atoms. The maximum absolute atomic E-state index is 13.5. The molecule has 1 fully saturated rings. The summed E-state index contributed by atoms with van der Waals surface area (Å²) in [7, 11) is 0. The Hall–Kier alpha value is -3.52. The zero-order valence-corrected chi connectivity index (χ0v) is 25.3. The van der Waals surface area contributed by atoms with E-state index in [9.17, 15) is 14.7 Å². The second-order valence-corrected chi connectivity index (χ2v) is 10.1. The Morgan fingerprint density at radius 1 is 0.854 bits per heavy atom. The van der Waals surface area contributed by atoms with Gasteiger partial charge in [0.25, 0.3) is 11.7 Å². The number of aliphatic hydroxyl groups is 1. The van der Waals surface area contributed by atoms with Crippen LogP contribution in [0.3, 0.4) is 0 Å². The highest BCUT2D eigenvalue weighted by atomic mass is 16.5. The summed E-state index contributed by atoms with van der Waals surface area (Å²) in [4.78, 5) is 30.7. The number of carbonyl (C=O) groups excluding carboxylic acids is 2. The van der Waals surface area contributed by atoms with Gasteiger partial charge in [-0.25, -0.2) is 0 Å². The minimum Gasteiger partial charge on any atom is -0.507 e. The predicted molar refractivity (Wildman–Crippen MR) is 162 cm³/mol. The molecule has 8 nitrogen and oxygen atoms in total. The van der Waals surface area contributed by atoms with Gasteiger partial charge in [-0.2, -0.15) is 0 Å². The maximum Gasteiger partial charge on any atom is 0.295 e. The van der Waals surface area contributed by atoms with Crippen molar-refractivity contribution < 1.29 is 28.9 Å². The first kappa shape index (κ1) is 32.0. The third-order valence-corrected chi connectivity index (χ3v) is 7.28. The number of carbonyl (C=O) groups is 2. The van der Waals surface area contributed by atoms with Crippen molar-refractivity contribution in [2.24, 2.45) is 0 Å². The number of rotatable bonds is 17. The SMILES string of the molecule is CCCCCOc1ccc(C2C(=C(O)c3ccc(OCCC)cc3)C(=O)C(=O)N2CCN(CC)CC)cc1OCC. The fourth-order valence-corrected chi connectivity index (χ4v) is 4.95. The molecule has 1 saturated heterocycles. The average Bonchev–Trinajstić information content (AvgIpc) is 3.24. The third kappa shape index (κ3) is 8.03. The van der Waals surface area contributed by atoms with Crippen LogP contribution >= 0.6 is 0 Å². The molecule has 1 unspecified atom stereocenters. The van der Waals surface area contributed by atoms with Crippen LogP contribution in [0.25, 0.3) is 5.76 Å². The van der Waals surface area contributed by atoms with Gasteiger partial charge in [0.1, 0.15) is 11.5 Å². The Morgan fingerprint density at radius 2 is 1.59 bits per heavy atom. The van der Waals surface area contributed by atoms with E-state index in [1.807, 2.05) is 32.0 Å². The summed E-state index contributed by atoms with van der Waals surface area (Å²) < 4.78 is 17.6. The lowest BCUT2D eigenvalue weighted by atomic mass is 9.95. The van der Waals surface area contributed by atoms with Crippen molar-refractivity contribution >= 4 is 17.4 Å². The monoisotopic (exact) mass is 566 g/mol. The van der Waals surface area contributed by atoms with Crippen molar-refractivity contribution in [3.63, 3.8) is 0 Å². The Bertz CT molecular complexity index is 1170. The molecule has 0 bridgehead atoms. The lowest BCUT2D eigenvalue weighted by molar-refractivity contribution is -0.140. The van der Waals surface area contributed by atoms with Crippen molar-refractivity contribution in [1.82, 2.24) is 9.80 Å². The third-order valence-electron chi connectivity index (χ3n) is 7.28. The van der Waals surface area contributed by atoms with Crippen LogP contribution in [0.15, 0.2) is 48.0 Å². The van der Waals surface area contributed by atoms with Gasteiger partial charge in [-0.05, 0) is 74.8 Å². The lowest BCUT2D eigenvalue weighted by Gasteiger charge is -2.28. The van der Waals surface area contributed by atoms with Crippen LogP contribution in [0.1, 0.15) is 77.5 Å². The Morgan fingerprint density at radius 3 is 2.22 bits per heavy atom. The number of ketones is 1. The van der Waals surface area contributed by atoms with E-state index in [1.54, 1.807) is 29.2 Å². The van der Waals surface area contributed by atoms with Gasteiger partial charge in [-0.3, -0.25) is 9.59 Å². The van der Waals surface area contributed by atoms with E-state index in [0.717, 1.165) is 38.8 Å². The summed E-state index contributed by atoms with van der Waals surface area (Å²) in [6.45, 7) is 14.4. The molecule has 3 rings (SSSR count). The van der Waals surface area contributed by atoms with Crippen molar-refractivity contribution in [1.29, 1.82) is 0 Å².